The fraction of sp³-hybridized carbons (Fsp3) is 0.105. The molecule has 1 aromatic heterocycles. The molecule has 1 heterocycles. The summed E-state index contributed by atoms with van der Waals surface area (Å²) in [5, 5.41) is 10.7. The monoisotopic (exact) mass is 305 g/mol. The van der Waals surface area contributed by atoms with E-state index >= 15 is 0 Å². The number of rotatable bonds is 5. The summed E-state index contributed by atoms with van der Waals surface area (Å²) in [6.07, 6.45) is 4.89. The Balaban J connectivity index is 1.66. The molecule has 23 heavy (non-hydrogen) atoms. The second-order valence-electron chi connectivity index (χ2n) is 5.46. The van der Waals surface area contributed by atoms with E-state index in [0.29, 0.717) is 0 Å². The van der Waals surface area contributed by atoms with Gasteiger partial charge in [-0.05, 0) is 17.5 Å². The smallest absolute Gasteiger partial charge is 0.258 e. The predicted octanol–water partition coefficient (Wildman–Crippen LogP) is 3.52. The maximum absolute atomic E-state index is 10.7. The zero-order valence-corrected chi connectivity index (χ0v) is 12.6. The molecule has 0 aliphatic carbocycles. The lowest BCUT2D eigenvalue weighted by atomic mass is 10.1. The van der Waals surface area contributed by atoms with Crippen molar-refractivity contribution in [3.63, 3.8) is 0 Å². The normalized spacial score (nSPS) is 10.4. The summed E-state index contributed by atoms with van der Waals surface area (Å²) in [6, 6.07) is 21.2. The quantitative estimate of drug-likeness (QED) is 0.411. The second kappa shape index (κ2) is 6.83. The first-order valence-electron chi connectivity index (χ1n) is 7.46. The Morgan fingerprint density at radius 2 is 1.39 bits per heavy atom. The van der Waals surface area contributed by atoms with Crippen molar-refractivity contribution in [2.45, 2.75) is 13.0 Å². The van der Waals surface area contributed by atoms with Crippen molar-refractivity contribution >= 4 is 5.69 Å². The summed E-state index contributed by atoms with van der Waals surface area (Å²) in [4.78, 5) is 10.3. The molecule has 0 radical (unpaired) electrons. The van der Waals surface area contributed by atoms with Crippen LogP contribution in [0.5, 0.6) is 0 Å². The number of nitro benzene ring substituents is 1. The summed E-state index contributed by atoms with van der Waals surface area (Å²) in [7, 11) is 0. The van der Waals surface area contributed by atoms with Crippen molar-refractivity contribution in [3.05, 3.63) is 106 Å². The van der Waals surface area contributed by atoms with E-state index < -0.39 is 0 Å². The van der Waals surface area contributed by atoms with Crippen LogP contribution in [0, 0.1) is 10.1 Å². The lowest BCUT2D eigenvalue weighted by molar-refractivity contribution is -0.688. The zero-order valence-electron chi connectivity index (χ0n) is 12.6. The lowest BCUT2D eigenvalue weighted by Gasteiger charge is -2.02. The van der Waals surface area contributed by atoms with Crippen molar-refractivity contribution in [2.75, 3.05) is 0 Å². The Bertz CT molecular complexity index is 782. The molecular formula is C19H17N2O2+. The molecular weight excluding hydrogens is 288 g/mol. The van der Waals surface area contributed by atoms with E-state index in [1.807, 2.05) is 30.3 Å². The minimum atomic E-state index is -0.376. The highest BCUT2D eigenvalue weighted by molar-refractivity contribution is 5.34. The van der Waals surface area contributed by atoms with Gasteiger partial charge in [0.2, 0.25) is 0 Å². The molecule has 0 N–H and O–H groups in total. The molecule has 0 unspecified atom stereocenters. The number of aromatic nitrogens is 1. The highest BCUT2D eigenvalue weighted by atomic mass is 16.6. The molecule has 4 nitrogen and oxygen atoms in total. The third-order valence-electron chi connectivity index (χ3n) is 3.72. The van der Waals surface area contributed by atoms with Gasteiger partial charge in [-0.25, -0.2) is 4.57 Å². The van der Waals surface area contributed by atoms with Crippen LogP contribution in [0.15, 0.2) is 79.1 Å². The third-order valence-corrected chi connectivity index (χ3v) is 3.72. The maximum atomic E-state index is 10.7. The summed E-state index contributed by atoms with van der Waals surface area (Å²) in [5.74, 6) is 0. The van der Waals surface area contributed by atoms with Gasteiger partial charge in [0.1, 0.15) is 0 Å². The van der Waals surface area contributed by atoms with Crippen molar-refractivity contribution in [2.24, 2.45) is 0 Å². The summed E-state index contributed by atoms with van der Waals surface area (Å²) >= 11 is 0. The Morgan fingerprint density at radius 3 is 2.00 bits per heavy atom. The summed E-state index contributed by atoms with van der Waals surface area (Å²) in [6.45, 7) is 0.846. The highest BCUT2D eigenvalue weighted by Crippen LogP contribution is 2.14. The first kappa shape index (κ1) is 14.9. The van der Waals surface area contributed by atoms with Gasteiger partial charge in [0.15, 0.2) is 18.9 Å². The number of nitro groups is 1. The molecule has 0 saturated carbocycles. The molecule has 3 rings (SSSR count). The molecule has 3 aromatic rings. The van der Waals surface area contributed by atoms with Gasteiger partial charge >= 0.3 is 0 Å². The maximum Gasteiger partial charge on any atom is 0.269 e. The Kier molecular flexibility index (Phi) is 4.43. The van der Waals surface area contributed by atoms with Gasteiger partial charge in [-0.3, -0.25) is 10.1 Å². The van der Waals surface area contributed by atoms with E-state index in [2.05, 4.69) is 41.2 Å². The Hall–Kier alpha value is -3.01. The van der Waals surface area contributed by atoms with Gasteiger partial charge < -0.3 is 0 Å². The molecule has 0 aliphatic rings. The zero-order chi connectivity index (χ0) is 16.1. The second-order valence-corrected chi connectivity index (χ2v) is 5.46. The van der Waals surface area contributed by atoms with Crippen molar-refractivity contribution in [1.82, 2.24) is 0 Å². The lowest BCUT2D eigenvalue weighted by Crippen LogP contribution is -2.33. The van der Waals surface area contributed by atoms with Crippen LogP contribution >= 0.6 is 0 Å². The SMILES string of the molecule is O=[N+]([O-])c1ccc(Cc2cc[n+](Cc3ccccc3)cc2)cc1. The van der Waals surface area contributed by atoms with Crippen LogP contribution in [-0.2, 0) is 13.0 Å². The molecule has 4 heteroatoms. The highest BCUT2D eigenvalue weighted by Gasteiger charge is 2.06. The van der Waals surface area contributed by atoms with E-state index in [1.165, 1.54) is 11.1 Å². The number of pyridine rings is 1. The number of hydrogen-bond acceptors (Lipinski definition) is 2. The summed E-state index contributed by atoms with van der Waals surface area (Å²) in [5.41, 5.74) is 3.64. The van der Waals surface area contributed by atoms with Crippen molar-refractivity contribution in [1.29, 1.82) is 0 Å². The van der Waals surface area contributed by atoms with Crippen LogP contribution in [-0.4, -0.2) is 4.92 Å². The van der Waals surface area contributed by atoms with Gasteiger partial charge in [-0.15, -0.1) is 0 Å². The average molecular weight is 305 g/mol. The van der Waals surface area contributed by atoms with E-state index in [9.17, 15) is 10.1 Å². The number of non-ortho nitro benzene ring substituents is 1. The van der Waals surface area contributed by atoms with Crippen LogP contribution in [0.3, 0.4) is 0 Å². The molecule has 0 aliphatic heterocycles. The minimum absolute atomic E-state index is 0.127. The van der Waals surface area contributed by atoms with Gasteiger partial charge in [0.25, 0.3) is 5.69 Å². The molecule has 0 saturated heterocycles. The van der Waals surface area contributed by atoms with Gasteiger partial charge in [0.05, 0.1) is 4.92 Å². The van der Waals surface area contributed by atoms with Gasteiger partial charge in [0, 0.05) is 29.8 Å². The minimum Gasteiger partial charge on any atom is -0.258 e. The average Bonchev–Trinajstić information content (AvgIpc) is 2.58. The fourth-order valence-corrected chi connectivity index (χ4v) is 2.48. The van der Waals surface area contributed by atoms with E-state index in [1.54, 1.807) is 12.1 Å². The molecule has 2 aromatic carbocycles. The number of nitrogens with zero attached hydrogens (tertiary/aromatic N) is 2. The number of hydrogen-bond donors (Lipinski definition) is 0. The van der Waals surface area contributed by atoms with Crippen LogP contribution in [0.1, 0.15) is 16.7 Å². The van der Waals surface area contributed by atoms with Gasteiger partial charge in [-0.2, -0.15) is 0 Å². The van der Waals surface area contributed by atoms with E-state index in [0.717, 1.165) is 18.5 Å². The first-order valence-corrected chi connectivity index (χ1v) is 7.46. The van der Waals surface area contributed by atoms with Crippen LogP contribution < -0.4 is 4.57 Å². The molecule has 0 atom stereocenters. The topological polar surface area (TPSA) is 47.0 Å². The molecule has 114 valence electrons. The van der Waals surface area contributed by atoms with Crippen LogP contribution in [0.4, 0.5) is 5.69 Å². The van der Waals surface area contributed by atoms with E-state index in [4.69, 9.17) is 0 Å². The predicted molar refractivity (Wildman–Crippen MR) is 88.1 cm³/mol. The first-order chi connectivity index (χ1) is 11.2. The Morgan fingerprint density at radius 1 is 0.783 bits per heavy atom. The largest absolute Gasteiger partial charge is 0.269 e. The fourth-order valence-electron chi connectivity index (χ4n) is 2.48. The molecule has 0 amide bonds. The summed E-state index contributed by atoms with van der Waals surface area (Å²) < 4.78 is 2.13. The molecule has 0 spiro atoms. The van der Waals surface area contributed by atoms with Crippen molar-refractivity contribution < 1.29 is 9.49 Å². The van der Waals surface area contributed by atoms with Crippen LogP contribution in [0.25, 0.3) is 0 Å². The van der Waals surface area contributed by atoms with E-state index in [-0.39, 0.29) is 10.6 Å². The molecule has 0 bridgehead atoms. The third kappa shape index (κ3) is 4.01. The van der Waals surface area contributed by atoms with Crippen LogP contribution in [0.2, 0.25) is 0 Å². The Labute approximate surface area is 134 Å². The van der Waals surface area contributed by atoms with Crippen molar-refractivity contribution in [3.8, 4) is 0 Å². The number of benzene rings is 2. The van der Waals surface area contributed by atoms with Gasteiger partial charge in [-0.1, -0.05) is 42.5 Å². The standard InChI is InChI=1S/C19H17N2O2/c22-21(23)19-8-6-16(7-9-19)14-17-10-12-20(13-11-17)15-18-4-2-1-3-5-18/h1-13H,14-15H2/q+1. The molecule has 0 fully saturated rings.